The zero-order chi connectivity index (χ0) is 27.8. The van der Waals surface area contributed by atoms with Gasteiger partial charge in [-0.15, -0.1) is 20.2 Å². The summed E-state index contributed by atoms with van der Waals surface area (Å²) < 4.78 is 95.8. The molecule has 0 aromatic heterocycles. The number of aryl methyl sites for hydroxylation is 2. The molecule has 0 radical (unpaired) electrons. The number of halogens is 3. The second-order valence-electron chi connectivity index (χ2n) is 5.72. The highest BCUT2D eigenvalue weighted by molar-refractivity contribution is 5.96. The molecule has 1 heterocycles. The molecule has 0 spiro atoms. The van der Waals surface area contributed by atoms with Crippen LogP contribution in [-0.2, 0) is 19.2 Å². The third kappa shape index (κ3) is 5.27. The zero-order valence-electron chi connectivity index (χ0n) is 20.7. The number of hydrogen-bond donors (Lipinski definition) is 0. The second-order valence-corrected chi connectivity index (χ2v) is 5.72. The number of rotatable bonds is 7. The van der Waals surface area contributed by atoms with E-state index in [1.807, 2.05) is 0 Å². The fraction of sp³-hybridized carbons (Fsp3) is 0.438. The summed E-state index contributed by atoms with van der Waals surface area (Å²) in [7, 11) is 0. The van der Waals surface area contributed by atoms with Crippen LogP contribution in [0.4, 0.5) is 13.2 Å². The molecule has 1 aliphatic rings. The Morgan fingerprint density at radius 2 is 1.87 bits per heavy atom. The van der Waals surface area contributed by atoms with Gasteiger partial charge in [-0.2, -0.15) is 13.2 Å². The van der Waals surface area contributed by atoms with Crippen LogP contribution in [0, 0.1) is 33.9 Å². The largest absolute Gasteiger partial charge is 0.475 e. The van der Waals surface area contributed by atoms with Gasteiger partial charge in [-0.1, -0.05) is 11.6 Å². The molecule has 164 valence electrons. The van der Waals surface area contributed by atoms with Crippen LogP contribution in [0.2, 0.25) is 0 Å². The van der Waals surface area contributed by atoms with Gasteiger partial charge in [0.15, 0.2) is 6.10 Å². The van der Waals surface area contributed by atoms with E-state index in [0.717, 1.165) is 13.0 Å². The Kier molecular flexibility index (Phi) is 4.29. The minimum Gasteiger partial charge on any atom is -0.475 e. The lowest BCUT2D eigenvalue weighted by Crippen LogP contribution is -2.43. The maximum atomic E-state index is 13.8. The van der Waals surface area contributed by atoms with Crippen LogP contribution in [0.15, 0.2) is 17.7 Å². The van der Waals surface area contributed by atoms with Crippen LogP contribution in [-0.4, -0.2) is 40.8 Å². The van der Waals surface area contributed by atoms with E-state index in [2.05, 4.69) is 14.4 Å². The van der Waals surface area contributed by atoms with Gasteiger partial charge < -0.3 is 9.47 Å². The van der Waals surface area contributed by atoms with Crippen molar-refractivity contribution in [2.75, 3.05) is 0 Å². The number of fused-ring (bicyclic) bond motifs is 1. The summed E-state index contributed by atoms with van der Waals surface area (Å²) in [6, 6.07) is 1.43. The van der Waals surface area contributed by atoms with Gasteiger partial charge in [-0.05, 0) is 38.3 Å². The summed E-state index contributed by atoms with van der Waals surface area (Å²) in [4.78, 5) is 41.3. The molecule has 14 heteroatoms. The van der Waals surface area contributed by atoms with E-state index in [1.165, 1.54) is 0 Å². The number of esters is 1. The van der Waals surface area contributed by atoms with E-state index < -0.39 is 82.5 Å². The van der Waals surface area contributed by atoms with Crippen molar-refractivity contribution >= 4 is 12.0 Å². The molecule has 1 aliphatic heterocycles. The van der Waals surface area contributed by atoms with E-state index in [4.69, 9.17) is 13.0 Å². The van der Waals surface area contributed by atoms with E-state index in [-0.39, 0.29) is 0 Å². The number of carbonyl (C=O) groups excluding carboxylic acids is 1. The molecule has 11 nitrogen and oxygen atoms in total. The van der Waals surface area contributed by atoms with Crippen molar-refractivity contribution in [3.63, 3.8) is 0 Å². The molecule has 2 atom stereocenters. The number of alkyl halides is 3. The maximum absolute atomic E-state index is 13.8. The third-order valence-corrected chi connectivity index (χ3v) is 3.54. The quantitative estimate of drug-likeness (QED) is 0.270. The molecule has 0 saturated carbocycles. The fourth-order valence-corrected chi connectivity index (χ4v) is 2.38. The Morgan fingerprint density at radius 1 is 1.23 bits per heavy atom. The SMILES string of the molecule is [2H]C([2H])([2H])c1cc2c(c(C([2H])([2H])[2H])c1)OC(C(F)(F)F)C(C(=O)OC(C)C(O[N+](=O)[O-])O[N+](=O)[O-])=C2. The topological polar surface area (TPSA) is 140 Å². The molecule has 0 fully saturated rings. The third-order valence-electron chi connectivity index (χ3n) is 3.54. The smallest absolute Gasteiger partial charge is 0.430 e. The summed E-state index contributed by atoms with van der Waals surface area (Å²) in [5, 5.41) is 17.9. The molecule has 2 rings (SSSR count). The number of carbonyl (C=O) groups is 1. The molecular weight excluding hydrogens is 421 g/mol. The van der Waals surface area contributed by atoms with Crippen LogP contribution in [0.3, 0.4) is 0 Å². The van der Waals surface area contributed by atoms with E-state index in [0.29, 0.717) is 12.1 Å². The van der Waals surface area contributed by atoms with Crippen LogP contribution >= 0.6 is 0 Å². The van der Waals surface area contributed by atoms with Gasteiger partial charge in [0.2, 0.25) is 6.10 Å². The van der Waals surface area contributed by atoms with Crippen molar-refractivity contribution in [2.24, 2.45) is 0 Å². The Balaban J connectivity index is 2.60. The standard InChI is InChI=1S/C16H15F3N2O9/c1-7-4-8(2)12-10(5-7)6-11(13(28-12)16(17,18)19)14(22)27-9(3)15(29-20(23)24)30-21(25)26/h4-6,9,13,15H,1-3H3/i1D3,2D3. The van der Waals surface area contributed by atoms with E-state index >= 15 is 0 Å². The first-order valence-electron chi connectivity index (χ1n) is 10.7. The van der Waals surface area contributed by atoms with Crippen molar-refractivity contribution < 1.29 is 55.5 Å². The van der Waals surface area contributed by atoms with Crippen LogP contribution in [0.25, 0.3) is 6.08 Å². The van der Waals surface area contributed by atoms with Gasteiger partial charge >= 0.3 is 12.1 Å². The Labute approximate surface area is 174 Å². The van der Waals surface area contributed by atoms with Gasteiger partial charge in [0.1, 0.15) is 5.75 Å². The zero-order valence-corrected chi connectivity index (χ0v) is 14.7. The first kappa shape index (κ1) is 15.3. The predicted molar refractivity (Wildman–Crippen MR) is 89.9 cm³/mol. The number of ether oxygens (including phenoxy) is 2. The van der Waals surface area contributed by atoms with Gasteiger partial charge in [-0.3, -0.25) is 9.68 Å². The van der Waals surface area contributed by atoms with Crippen molar-refractivity contribution in [2.45, 2.75) is 45.3 Å². The summed E-state index contributed by atoms with van der Waals surface area (Å²) >= 11 is 0. The monoisotopic (exact) mass is 442 g/mol. The lowest BCUT2D eigenvalue weighted by molar-refractivity contribution is -0.853. The number of nitrogens with zero attached hydrogens (tertiary/aromatic N) is 2. The lowest BCUT2D eigenvalue weighted by atomic mass is 9.97. The van der Waals surface area contributed by atoms with E-state index in [1.54, 1.807) is 0 Å². The number of hydrogen-bond acceptors (Lipinski definition) is 9. The van der Waals surface area contributed by atoms with Crippen molar-refractivity contribution in [3.8, 4) is 5.75 Å². The molecule has 0 amide bonds. The number of benzene rings is 1. The van der Waals surface area contributed by atoms with Gasteiger partial charge in [-0.25, -0.2) is 4.79 Å². The Bertz CT molecular complexity index is 1070. The van der Waals surface area contributed by atoms with Crippen LogP contribution in [0.1, 0.15) is 31.8 Å². The molecule has 0 N–H and O–H groups in total. The molecule has 1 aromatic rings. The summed E-state index contributed by atoms with van der Waals surface area (Å²) in [5.74, 6) is -2.71. The Hall–Kier alpha value is -3.58. The van der Waals surface area contributed by atoms with Crippen molar-refractivity contribution in [1.82, 2.24) is 0 Å². The first-order chi connectivity index (χ1) is 16.2. The van der Waals surface area contributed by atoms with Gasteiger partial charge in [0.05, 0.1) is 5.57 Å². The highest BCUT2D eigenvalue weighted by Gasteiger charge is 2.49. The molecule has 0 aliphatic carbocycles. The van der Waals surface area contributed by atoms with Crippen LogP contribution in [0.5, 0.6) is 5.75 Å². The highest BCUT2D eigenvalue weighted by Crippen LogP contribution is 2.39. The predicted octanol–water partition coefficient (Wildman–Crippen LogP) is 2.68. The van der Waals surface area contributed by atoms with Crippen LogP contribution < -0.4 is 4.74 Å². The van der Waals surface area contributed by atoms with Crippen molar-refractivity contribution in [3.05, 3.63) is 54.6 Å². The summed E-state index contributed by atoms with van der Waals surface area (Å²) in [6.07, 6.45) is -12.5. The molecule has 30 heavy (non-hydrogen) atoms. The average molecular weight is 442 g/mol. The van der Waals surface area contributed by atoms with E-state index in [9.17, 15) is 38.2 Å². The summed E-state index contributed by atoms with van der Waals surface area (Å²) in [6.45, 7) is -5.24. The Morgan fingerprint density at radius 3 is 2.37 bits per heavy atom. The fourth-order valence-electron chi connectivity index (χ4n) is 2.38. The highest BCUT2D eigenvalue weighted by atomic mass is 19.4. The first-order valence-corrected chi connectivity index (χ1v) is 7.69. The van der Waals surface area contributed by atoms with Crippen molar-refractivity contribution in [1.29, 1.82) is 0 Å². The normalized spacial score (nSPS) is 20.4. The minimum atomic E-state index is -5.34. The van der Waals surface area contributed by atoms with Gasteiger partial charge in [0.25, 0.3) is 16.5 Å². The molecule has 0 bridgehead atoms. The lowest BCUT2D eigenvalue weighted by Gasteiger charge is -2.30. The molecular formula is C16H15F3N2O9. The molecule has 2 unspecified atom stereocenters. The molecule has 0 saturated heterocycles. The molecule has 1 aromatic carbocycles. The summed E-state index contributed by atoms with van der Waals surface area (Å²) in [5.41, 5.74) is -3.29. The second kappa shape index (κ2) is 8.42. The minimum absolute atomic E-state index is 0.480. The average Bonchev–Trinajstić information content (AvgIpc) is 2.68. The van der Waals surface area contributed by atoms with Gasteiger partial charge in [0, 0.05) is 13.8 Å². The maximum Gasteiger partial charge on any atom is 0.430 e.